The van der Waals surface area contributed by atoms with Crippen LogP contribution in [0.5, 0.6) is 5.75 Å². The summed E-state index contributed by atoms with van der Waals surface area (Å²) in [5.41, 5.74) is 3.28. The van der Waals surface area contributed by atoms with Crippen molar-refractivity contribution in [2.24, 2.45) is 4.99 Å². The number of aromatic nitrogens is 1. The van der Waals surface area contributed by atoms with Crippen molar-refractivity contribution in [3.05, 3.63) is 132 Å². The lowest BCUT2D eigenvalue weighted by atomic mass is 9.95. The van der Waals surface area contributed by atoms with E-state index in [9.17, 15) is 9.59 Å². The van der Waals surface area contributed by atoms with Crippen LogP contribution in [0.4, 0.5) is 0 Å². The van der Waals surface area contributed by atoms with E-state index in [0.29, 0.717) is 44.4 Å². The molecule has 0 radical (unpaired) electrons. The fraction of sp³-hybridized carbons (Fsp3) is 0.167. The first-order chi connectivity index (χ1) is 18.5. The lowest BCUT2D eigenvalue weighted by molar-refractivity contribution is -0.136. The van der Waals surface area contributed by atoms with Gasteiger partial charge >= 0.3 is 5.97 Å². The third-order valence-electron chi connectivity index (χ3n) is 6.25. The average molecular weight is 545 g/mol. The number of allylic oxidation sites excluding steroid dienone is 1. The third kappa shape index (κ3) is 5.08. The summed E-state index contributed by atoms with van der Waals surface area (Å²) in [6.45, 7) is 2.27. The highest BCUT2D eigenvalue weighted by Crippen LogP contribution is 2.31. The minimum atomic E-state index is -0.633. The van der Waals surface area contributed by atoms with Gasteiger partial charge in [-0.1, -0.05) is 90.5 Å². The van der Waals surface area contributed by atoms with Gasteiger partial charge < -0.3 is 9.47 Å². The molecular weight excluding hydrogens is 520 g/mol. The summed E-state index contributed by atoms with van der Waals surface area (Å²) < 4.78 is 13.3. The number of ether oxygens (including phenoxy) is 2. The fourth-order valence-electron chi connectivity index (χ4n) is 4.48. The maximum Gasteiger partial charge on any atom is 0.338 e. The van der Waals surface area contributed by atoms with Crippen LogP contribution >= 0.6 is 22.9 Å². The number of para-hydroxylation sites is 1. The monoisotopic (exact) mass is 544 g/mol. The van der Waals surface area contributed by atoms with Gasteiger partial charge in [-0.25, -0.2) is 9.79 Å². The number of hydrogen-bond donors (Lipinski definition) is 0. The van der Waals surface area contributed by atoms with Gasteiger partial charge in [-0.2, -0.15) is 0 Å². The van der Waals surface area contributed by atoms with Crippen molar-refractivity contribution in [1.82, 2.24) is 4.57 Å². The number of methoxy groups -OCH3 is 1. The van der Waals surface area contributed by atoms with Crippen molar-refractivity contribution in [2.45, 2.75) is 26.0 Å². The SMILES string of the molecule is CCC1=C(C(=O)OC)[C@H](c2ccccc2)n2c(s/c(=C/c3ccccc3OCc3cccc(Cl)c3)c2=O)=N1. The molecule has 1 aromatic heterocycles. The maximum atomic E-state index is 13.8. The molecule has 0 saturated carbocycles. The van der Waals surface area contributed by atoms with Crippen LogP contribution in [0.2, 0.25) is 5.02 Å². The molecule has 6 nitrogen and oxygen atoms in total. The predicted octanol–water partition coefficient (Wildman–Crippen LogP) is 5.03. The number of carbonyl (C=O) groups excluding carboxylic acids is 1. The van der Waals surface area contributed by atoms with E-state index in [1.165, 1.54) is 18.4 Å². The number of halogens is 1. The van der Waals surface area contributed by atoms with E-state index < -0.39 is 12.0 Å². The molecule has 192 valence electrons. The fourth-order valence-corrected chi connectivity index (χ4v) is 5.70. The predicted molar refractivity (Wildman–Crippen MR) is 149 cm³/mol. The van der Waals surface area contributed by atoms with Crippen LogP contribution in [0.3, 0.4) is 0 Å². The topological polar surface area (TPSA) is 69.9 Å². The quantitative estimate of drug-likeness (QED) is 0.306. The van der Waals surface area contributed by atoms with Gasteiger partial charge in [0.2, 0.25) is 0 Å². The molecule has 0 N–H and O–H groups in total. The van der Waals surface area contributed by atoms with Gasteiger partial charge in [0.1, 0.15) is 12.4 Å². The standard InChI is InChI=1S/C30H25ClN2O4S/c1-3-23-26(29(35)36-2)27(20-11-5-4-6-12-20)33-28(34)25(38-30(33)32-23)17-21-13-7-8-15-24(21)37-18-19-10-9-14-22(31)16-19/h4-17,27H,3,18H2,1-2H3/b25-17+/t27-/m0/s1. The Kier molecular flexibility index (Phi) is 7.58. The molecule has 0 fully saturated rings. The van der Waals surface area contributed by atoms with Crippen molar-refractivity contribution >= 4 is 35.0 Å². The summed E-state index contributed by atoms with van der Waals surface area (Å²) in [6.07, 6.45) is 2.34. The molecule has 3 aromatic carbocycles. The summed E-state index contributed by atoms with van der Waals surface area (Å²) >= 11 is 7.40. The van der Waals surface area contributed by atoms with Gasteiger partial charge in [-0.05, 0) is 41.8 Å². The first kappa shape index (κ1) is 25.7. The van der Waals surface area contributed by atoms with Crippen LogP contribution in [0, 0.1) is 0 Å². The first-order valence-electron chi connectivity index (χ1n) is 12.1. The van der Waals surface area contributed by atoms with E-state index in [4.69, 9.17) is 26.1 Å². The molecule has 0 saturated heterocycles. The van der Waals surface area contributed by atoms with E-state index in [2.05, 4.69) is 0 Å². The number of esters is 1. The highest BCUT2D eigenvalue weighted by atomic mass is 35.5. The molecular formula is C30H25ClN2O4S. The molecule has 38 heavy (non-hydrogen) atoms. The van der Waals surface area contributed by atoms with Gasteiger partial charge in [-0.3, -0.25) is 9.36 Å². The lowest BCUT2D eigenvalue weighted by Gasteiger charge is -2.25. The maximum absolute atomic E-state index is 13.8. The zero-order valence-electron chi connectivity index (χ0n) is 20.9. The summed E-state index contributed by atoms with van der Waals surface area (Å²) in [5.74, 6) is 0.149. The highest BCUT2D eigenvalue weighted by Gasteiger charge is 2.33. The van der Waals surface area contributed by atoms with Crippen LogP contribution in [-0.2, 0) is 16.1 Å². The number of nitrogens with zero attached hydrogens (tertiary/aromatic N) is 2. The second-order valence-electron chi connectivity index (χ2n) is 8.66. The second-order valence-corrected chi connectivity index (χ2v) is 10.1. The first-order valence-corrected chi connectivity index (χ1v) is 13.3. The molecule has 0 bridgehead atoms. The average Bonchev–Trinajstić information content (AvgIpc) is 3.25. The number of hydrogen-bond acceptors (Lipinski definition) is 6. The van der Waals surface area contributed by atoms with Gasteiger partial charge in [-0.15, -0.1) is 0 Å². The Bertz CT molecular complexity index is 1710. The van der Waals surface area contributed by atoms with E-state index in [-0.39, 0.29) is 5.56 Å². The van der Waals surface area contributed by atoms with Gasteiger partial charge in [0, 0.05) is 10.6 Å². The molecule has 2 heterocycles. The number of fused-ring (bicyclic) bond motifs is 1. The molecule has 0 amide bonds. The zero-order chi connectivity index (χ0) is 26.6. The van der Waals surface area contributed by atoms with Crippen molar-refractivity contribution in [2.75, 3.05) is 7.11 Å². The summed E-state index contributed by atoms with van der Waals surface area (Å²) in [6, 6.07) is 23.9. The van der Waals surface area contributed by atoms with Crippen molar-refractivity contribution in [3.8, 4) is 5.75 Å². The molecule has 8 heteroatoms. The third-order valence-corrected chi connectivity index (χ3v) is 7.47. The van der Waals surface area contributed by atoms with Crippen LogP contribution in [0.25, 0.3) is 6.08 Å². The van der Waals surface area contributed by atoms with E-state index in [0.717, 1.165) is 16.7 Å². The van der Waals surface area contributed by atoms with Crippen LogP contribution < -0.4 is 19.6 Å². The lowest BCUT2D eigenvalue weighted by Crippen LogP contribution is -2.40. The molecule has 5 rings (SSSR count). The second kappa shape index (κ2) is 11.2. The summed E-state index contributed by atoms with van der Waals surface area (Å²) in [7, 11) is 1.34. The van der Waals surface area contributed by atoms with E-state index in [1.54, 1.807) is 4.57 Å². The van der Waals surface area contributed by atoms with E-state index in [1.807, 2.05) is 91.9 Å². The molecule has 1 aliphatic rings. The Morgan fingerprint density at radius 3 is 2.58 bits per heavy atom. The number of thiazole rings is 1. The van der Waals surface area contributed by atoms with Crippen molar-refractivity contribution in [1.29, 1.82) is 0 Å². The Morgan fingerprint density at radius 2 is 1.84 bits per heavy atom. The number of benzene rings is 3. The molecule has 0 spiro atoms. The molecule has 0 aliphatic carbocycles. The Morgan fingerprint density at radius 1 is 1.08 bits per heavy atom. The summed E-state index contributed by atoms with van der Waals surface area (Å²) in [5, 5.41) is 0.645. The minimum Gasteiger partial charge on any atom is -0.488 e. The molecule has 1 atom stereocenters. The summed E-state index contributed by atoms with van der Waals surface area (Å²) in [4.78, 5) is 32.0. The number of rotatable bonds is 7. The van der Waals surface area contributed by atoms with Crippen molar-refractivity contribution in [3.63, 3.8) is 0 Å². The Balaban J connectivity index is 1.61. The van der Waals surface area contributed by atoms with Crippen LogP contribution in [0.15, 0.2) is 99.9 Å². The van der Waals surface area contributed by atoms with Crippen molar-refractivity contribution < 1.29 is 14.3 Å². The van der Waals surface area contributed by atoms with Gasteiger partial charge in [0.25, 0.3) is 5.56 Å². The molecule has 1 aliphatic heterocycles. The molecule has 0 unspecified atom stereocenters. The Labute approximate surface area is 228 Å². The normalized spacial score (nSPS) is 15.1. The minimum absolute atomic E-state index is 0.233. The smallest absolute Gasteiger partial charge is 0.338 e. The van der Waals surface area contributed by atoms with Crippen LogP contribution in [0.1, 0.15) is 36.1 Å². The van der Waals surface area contributed by atoms with E-state index >= 15 is 0 Å². The van der Waals surface area contributed by atoms with Gasteiger partial charge in [0.15, 0.2) is 4.80 Å². The largest absolute Gasteiger partial charge is 0.488 e. The number of carbonyl (C=O) groups is 1. The Hall–Kier alpha value is -3.94. The molecule has 4 aromatic rings. The highest BCUT2D eigenvalue weighted by molar-refractivity contribution is 7.07. The van der Waals surface area contributed by atoms with Crippen LogP contribution in [-0.4, -0.2) is 17.6 Å². The van der Waals surface area contributed by atoms with Gasteiger partial charge in [0.05, 0.1) is 29.0 Å². The zero-order valence-corrected chi connectivity index (χ0v) is 22.5.